The molecule has 2 aliphatic heterocycles. The summed E-state index contributed by atoms with van der Waals surface area (Å²) >= 11 is 0. The van der Waals surface area contributed by atoms with E-state index in [4.69, 9.17) is 0 Å². The zero-order valence-corrected chi connectivity index (χ0v) is 10.9. The molecule has 3 nitrogen and oxygen atoms in total. The van der Waals surface area contributed by atoms with Crippen molar-refractivity contribution in [1.29, 1.82) is 0 Å². The molecule has 0 radical (unpaired) electrons. The SMILES string of the molecule is C[C@@H]1CCCN(C(=O)[C@@H]2Cc3ccccc3N2)C1. The highest BCUT2D eigenvalue weighted by atomic mass is 16.2. The number of para-hydroxylation sites is 1. The molecule has 0 spiro atoms. The standard InChI is InChI=1S/C15H20N2O/c1-11-5-4-8-17(10-11)15(18)14-9-12-6-2-3-7-13(12)16-14/h2-3,6-7,11,14,16H,4-5,8-10H2,1H3/t11-,14+/m1/s1. The van der Waals surface area contributed by atoms with E-state index in [1.807, 2.05) is 17.0 Å². The lowest BCUT2D eigenvalue weighted by Gasteiger charge is -2.32. The third-order valence-electron chi connectivity index (χ3n) is 4.04. The third-order valence-corrected chi connectivity index (χ3v) is 4.04. The van der Waals surface area contributed by atoms with E-state index in [9.17, 15) is 4.79 Å². The normalized spacial score (nSPS) is 26.6. The topological polar surface area (TPSA) is 32.3 Å². The molecule has 96 valence electrons. The molecule has 1 aromatic carbocycles. The fourth-order valence-electron chi connectivity index (χ4n) is 3.06. The van der Waals surface area contributed by atoms with Crippen LogP contribution in [0.5, 0.6) is 0 Å². The van der Waals surface area contributed by atoms with E-state index in [0.717, 1.165) is 31.6 Å². The van der Waals surface area contributed by atoms with Crippen LogP contribution < -0.4 is 5.32 Å². The fraction of sp³-hybridized carbons (Fsp3) is 0.533. The van der Waals surface area contributed by atoms with Gasteiger partial charge in [-0.05, 0) is 30.4 Å². The van der Waals surface area contributed by atoms with Crippen molar-refractivity contribution >= 4 is 11.6 Å². The number of fused-ring (bicyclic) bond motifs is 1. The first-order chi connectivity index (χ1) is 8.74. The largest absolute Gasteiger partial charge is 0.373 e. The van der Waals surface area contributed by atoms with Crippen LogP contribution in [0.3, 0.4) is 0 Å². The molecule has 1 aromatic rings. The molecule has 3 heteroatoms. The van der Waals surface area contributed by atoms with Crippen molar-refractivity contribution in [1.82, 2.24) is 4.90 Å². The zero-order chi connectivity index (χ0) is 12.5. The molecule has 1 amide bonds. The van der Waals surface area contributed by atoms with Crippen LogP contribution in [-0.2, 0) is 11.2 Å². The lowest BCUT2D eigenvalue weighted by Crippen LogP contribution is -2.46. The van der Waals surface area contributed by atoms with Gasteiger partial charge >= 0.3 is 0 Å². The van der Waals surface area contributed by atoms with Crippen LogP contribution in [0.25, 0.3) is 0 Å². The van der Waals surface area contributed by atoms with Crippen LogP contribution in [-0.4, -0.2) is 29.9 Å². The van der Waals surface area contributed by atoms with Crippen LogP contribution in [0.4, 0.5) is 5.69 Å². The minimum atomic E-state index is -0.0484. The summed E-state index contributed by atoms with van der Waals surface area (Å²) in [6.07, 6.45) is 3.23. The van der Waals surface area contributed by atoms with Crippen LogP contribution >= 0.6 is 0 Å². The molecule has 18 heavy (non-hydrogen) atoms. The number of anilines is 1. The summed E-state index contributed by atoms with van der Waals surface area (Å²) in [7, 11) is 0. The van der Waals surface area contributed by atoms with Crippen LogP contribution in [0.2, 0.25) is 0 Å². The van der Waals surface area contributed by atoms with Crippen molar-refractivity contribution in [3.63, 3.8) is 0 Å². The van der Waals surface area contributed by atoms with Gasteiger partial charge < -0.3 is 10.2 Å². The predicted molar refractivity (Wildman–Crippen MR) is 72.5 cm³/mol. The maximum absolute atomic E-state index is 12.5. The molecule has 0 aromatic heterocycles. The van der Waals surface area contributed by atoms with Gasteiger partial charge in [0, 0.05) is 25.2 Å². The summed E-state index contributed by atoms with van der Waals surface area (Å²) in [5.74, 6) is 0.921. The Morgan fingerprint density at radius 3 is 3.00 bits per heavy atom. The van der Waals surface area contributed by atoms with Gasteiger partial charge in [0.15, 0.2) is 0 Å². The Morgan fingerprint density at radius 1 is 1.39 bits per heavy atom. The Bertz CT molecular complexity index is 433. The minimum absolute atomic E-state index is 0.0484. The number of amides is 1. The van der Waals surface area contributed by atoms with Gasteiger partial charge in [-0.3, -0.25) is 4.79 Å². The number of rotatable bonds is 1. The lowest BCUT2D eigenvalue weighted by molar-refractivity contribution is -0.133. The molecule has 3 rings (SSSR count). The van der Waals surface area contributed by atoms with Crippen LogP contribution in [0, 0.1) is 5.92 Å². The molecule has 1 N–H and O–H groups in total. The first-order valence-electron chi connectivity index (χ1n) is 6.87. The smallest absolute Gasteiger partial charge is 0.245 e. The number of carbonyl (C=O) groups excluding carboxylic acids is 1. The average Bonchev–Trinajstić information content (AvgIpc) is 2.81. The first-order valence-corrected chi connectivity index (χ1v) is 6.87. The van der Waals surface area contributed by atoms with E-state index in [1.54, 1.807) is 0 Å². The molecule has 0 unspecified atom stereocenters. The van der Waals surface area contributed by atoms with Crippen molar-refractivity contribution in [3.8, 4) is 0 Å². The van der Waals surface area contributed by atoms with Crippen molar-refractivity contribution in [2.24, 2.45) is 5.92 Å². The van der Waals surface area contributed by atoms with Crippen LogP contribution in [0.1, 0.15) is 25.3 Å². The molecule has 2 aliphatic rings. The fourth-order valence-corrected chi connectivity index (χ4v) is 3.06. The number of hydrogen-bond acceptors (Lipinski definition) is 2. The molecule has 0 bridgehead atoms. The molecule has 2 atom stereocenters. The van der Waals surface area contributed by atoms with Gasteiger partial charge in [-0.1, -0.05) is 25.1 Å². The number of likely N-dealkylation sites (tertiary alicyclic amines) is 1. The van der Waals surface area contributed by atoms with E-state index in [0.29, 0.717) is 5.92 Å². The number of benzene rings is 1. The van der Waals surface area contributed by atoms with Gasteiger partial charge in [-0.2, -0.15) is 0 Å². The van der Waals surface area contributed by atoms with Gasteiger partial charge in [-0.15, -0.1) is 0 Å². The molecule has 2 heterocycles. The minimum Gasteiger partial charge on any atom is -0.373 e. The number of carbonyl (C=O) groups is 1. The Kier molecular flexibility index (Phi) is 2.98. The van der Waals surface area contributed by atoms with Crippen molar-refractivity contribution in [3.05, 3.63) is 29.8 Å². The zero-order valence-electron chi connectivity index (χ0n) is 10.9. The summed E-state index contributed by atoms with van der Waals surface area (Å²) in [5, 5.41) is 3.36. The highest BCUT2D eigenvalue weighted by molar-refractivity contribution is 5.87. The Labute approximate surface area is 108 Å². The van der Waals surface area contributed by atoms with Gasteiger partial charge in [0.25, 0.3) is 0 Å². The molecule has 0 saturated carbocycles. The highest BCUT2D eigenvalue weighted by Gasteiger charge is 2.31. The molecule has 0 aliphatic carbocycles. The van der Waals surface area contributed by atoms with E-state index in [2.05, 4.69) is 24.4 Å². The Balaban J connectivity index is 1.68. The number of hydrogen-bond donors (Lipinski definition) is 1. The number of nitrogens with zero attached hydrogens (tertiary/aromatic N) is 1. The average molecular weight is 244 g/mol. The second-order valence-electron chi connectivity index (χ2n) is 5.59. The van der Waals surface area contributed by atoms with Crippen molar-refractivity contribution in [2.45, 2.75) is 32.2 Å². The maximum Gasteiger partial charge on any atom is 0.245 e. The summed E-state index contributed by atoms with van der Waals surface area (Å²) < 4.78 is 0. The second kappa shape index (κ2) is 4.63. The molecular weight excluding hydrogens is 224 g/mol. The van der Waals surface area contributed by atoms with E-state index >= 15 is 0 Å². The number of nitrogens with one attached hydrogen (secondary N) is 1. The Morgan fingerprint density at radius 2 is 2.22 bits per heavy atom. The third kappa shape index (κ3) is 2.09. The van der Waals surface area contributed by atoms with Crippen LogP contribution in [0.15, 0.2) is 24.3 Å². The summed E-state index contributed by atoms with van der Waals surface area (Å²) in [6.45, 7) is 4.08. The number of piperidine rings is 1. The molecule has 1 fully saturated rings. The Hall–Kier alpha value is -1.51. The lowest BCUT2D eigenvalue weighted by atomic mass is 9.99. The van der Waals surface area contributed by atoms with Gasteiger partial charge in [0.1, 0.15) is 6.04 Å². The monoisotopic (exact) mass is 244 g/mol. The summed E-state index contributed by atoms with van der Waals surface area (Å²) in [6, 6.07) is 8.17. The summed E-state index contributed by atoms with van der Waals surface area (Å²) in [5.41, 5.74) is 2.39. The van der Waals surface area contributed by atoms with Gasteiger partial charge in [0.2, 0.25) is 5.91 Å². The summed E-state index contributed by atoms with van der Waals surface area (Å²) in [4.78, 5) is 14.5. The molecular formula is C15H20N2O. The molecule has 1 saturated heterocycles. The first kappa shape index (κ1) is 11.6. The maximum atomic E-state index is 12.5. The quantitative estimate of drug-likeness (QED) is 0.822. The predicted octanol–water partition coefficient (Wildman–Crippen LogP) is 2.28. The van der Waals surface area contributed by atoms with E-state index in [-0.39, 0.29) is 11.9 Å². The second-order valence-corrected chi connectivity index (χ2v) is 5.59. The van der Waals surface area contributed by atoms with Gasteiger partial charge in [-0.25, -0.2) is 0 Å². The van der Waals surface area contributed by atoms with E-state index < -0.39 is 0 Å². The van der Waals surface area contributed by atoms with Crippen molar-refractivity contribution in [2.75, 3.05) is 18.4 Å². The highest BCUT2D eigenvalue weighted by Crippen LogP contribution is 2.27. The van der Waals surface area contributed by atoms with E-state index in [1.165, 1.54) is 12.0 Å². The van der Waals surface area contributed by atoms with Gasteiger partial charge in [0.05, 0.1) is 0 Å². The van der Waals surface area contributed by atoms with Crippen molar-refractivity contribution < 1.29 is 4.79 Å².